The molecule has 5 N–H and O–H groups in total. The van der Waals surface area contributed by atoms with E-state index in [1.807, 2.05) is 13.8 Å². The standard InChI is InChI=1S/C24H39N3O8S/c1-14(2)8-19(27-24(31)35-13-17-10-15-4-3-5-16(9-15)11-17)22(29)26-20(23(30)36(32,33)34)12-18-6-7-25-21(18)28/h3-4,14-20,23,30H,5-13H2,1-2H3,(H,25,28)(H,26,29)(H,27,31)(H,32,33,34)/t15-,16+,17+,18-,19-,20-,23-/m0/s1. The lowest BCUT2D eigenvalue weighted by molar-refractivity contribution is -0.126. The summed E-state index contributed by atoms with van der Waals surface area (Å²) < 4.78 is 38.0. The minimum absolute atomic E-state index is 0.00360. The molecule has 0 spiro atoms. The van der Waals surface area contributed by atoms with Crippen molar-refractivity contribution in [3.8, 4) is 0 Å². The van der Waals surface area contributed by atoms with Crippen LogP contribution in [0.15, 0.2) is 12.2 Å². The largest absolute Gasteiger partial charge is 0.449 e. The molecule has 36 heavy (non-hydrogen) atoms. The molecule has 0 radical (unpaired) electrons. The Balaban J connectivity index is 1.60. The molecule has 7 atom stereocenters. The van der Waals surface area contributed by atoms with E-state index < -0.39 is 45.6 Å². The van der Waals surface area contributed by atoms with Gasteiger partial charge in [0, 0.05) is 12.5 Å². The first-order valence-corrected chi connectivity index (χ1v) is 14.2. The van der Waals surface area contributed by atoms with E-state index in [0.29, 0.717) is 24.8 Å². The molecule has 3 rings (SSSR count). The average molecular weight is 530 g/mol. The van der Waals surface area contributed by atoms with Crippen molar-refractivity contribution in [3.05, 3.63) is 12.2 Å². The molecular formula is C24H39N3O8S. The minimum Gasteiger partial charge on any atom is -0.449 e. The third-order valence-electron chi connectivity index (χ3n) is 7.26. The first kappa shape index (κ1) is 28.4. The third-order valence-corrected chi connectivity index (χ3v) is 8.20. The molecular weight excluding hydrogens is 490 g/mol. The fourth-order valence-corrected chi connectivity index (χ4v) is 6.15. The summed E-state index contributed by atoms with van der Waals surface area (Å²) in [5.74, 6) is -0.300. The zero-order chi connectivity index (χ0) is 26.5. The number of rotatable bonds is 11. The highest BCUT2D eigenvalue weighted by atomic mass is 32.2. The van der Waals surface area contributed by atoms with E-state index in [1.54, 1.807) is 0 Å². The predicted molar refractivity (Wildman–Crippen MR) is 131 cm³/mol. The zero-order valence-electron chi connectivity index (χ0n) is 20.9. The van der Waals surface area contributed by atoms with Gasteiger partial charge in [0.15, 0.2) is 0 Å². The van der Waals surface area contributed by atoms with Crippen molar-refractivity contribution in [3.63, 3.8) is 0 Å². The quantitative estimate of drug-likeness (QED) is 0.197. The summed E-state index contributed by atoms with van der Waals surface area (Å²) in [5.41, 5.74) is -2.32. The van der Waals surface area contributed by atoms with Crippen LogP contribution in [0.2, 0.25) is 0 Å². The Labute approximate surface area is 212 Å². The van der Waals surface area contributed by atoms with Crippen molar-refractivity contribution in [1.29, 1.82) is 0 Å². The monoisotopic (exact) mass is 529 g/mol. The first-order valence-electron chi connectivity index (χ1n) is 12.7. The zero-order valence-corrected chi connectivity index (χ0v) is 21.7. The van der Waals surface area contributed by atoms with E-state index >= 15 is 0 Å². The molecule has 2 bridgehead atoms. The first-order chi connectivity index (χ1) is 16.9. The van der Waals surface area contributed by atoms with Crippen LogP contribution in [-0.4, -0.2) is 66.7 Å². The van der Waals surface area contributed by atoms with Gasteiger partial charge < -0.3 is 25.8 Å². The highest BCUT2D eigenvalue weighted by Gasteiger charge is 2.38. The Bertz CT molecular complexity index is 938. The third kappa shape index (κ3) is 8.17. The molecule has 3 aliphatic rings. The average Bonchev–Trinajstić information content (AvgIpc) is 3.19. The molecule has 2 aliphatic carbocycles. The summed E-state index contributed by atoms with van der Waals surface area (Å²) in [6.45, 7) is 4.36. The fourth-order valence-electron chi connectivity index (χ4n) is 5.56. The Morgan fingerprint density at radius 1 is 1.22 bits per heavy atom. The lowest BCUT2D eigenvalue weighted by Crippen LogP contribution is -2.55. The highest BCUT2D eigenvalue weighted by Crippen LogP contribution is 2.39. The van der Waals surface area contributed by atoms with Crippen LogP contribution in [-0.2, 0) is 24.4 Å². The van der Waals surface area contributed by atoms with Crippen molar-refractivity contribution in [1.82, 2.24) is 16.0 Å². The van der Waals surface area contributed by atoms with Gasteiger partial charge in [-0.25, -0.2) is 4.79 Å². The molecule has 204 valence electrons. The maximum Gasteiger partial charge on any atom is 0.407 e. The predicted octanol–water partition coefficient (Wildman–Crippen LogP) is 1.34. The van der Waals surface area contributed by atoms with Crippen molar-refractivity contribution < 1.29 is 37.2 Å². The summed E-state index contributed by atoms with van der Waals surface area (Å²) in [6.07, 6.45) is 8.35. The maximum absolute atomic E-state index is 13.1. The topological polar surface area (TPSA) is 171 Å². The number of amides is 3. The molecule has 0 aromatic heterocycles. The summed E-state index contributed by atoms with van der Waals surface area (Å²) in [6, 6.07) is -2.50. The number of carbonyl (C=O) groups is 3. The van der Waals surface area contributed by atoms with E-state index in [1.165, 1.54) is 6.42 Å². The van der Waals surface area contributed by atoms with E-state index in [-0.39, 0.29) is 37.2 Å². The van der Waals surface area contributed by atoms with E-state index in [4.69, 9.17) is 4.74 Å². The summed E-state index contributed by atoms with van der Waals surface area (Å²) in [4.78, 5) is 37.6. The fraction of sp³-hybridized carbons (Fsp3) is 0.792. The molecule has 1 saturated heterocycles. The summed E-state index contributed by atoms with van der Waals surface area (Å²) >= 11 is 0. The molecule has 3 amide bonds. The normalized spacial score (nSPS) is 28.2. The van der Waals surface area contributed by atoms with Gasteiger partial charge in [0.05, 0.1) is 12.6 Å². The number of hydrogen-bond acceptors (Lipinski definition) is 7. The van der Waals surface area contributed by atoms with Gasteiger partial charge in [-0.3, -0.25) is 14.1 Å². The van der Waals surface area contributed by atoms with Crippen LogP contribution in [0.5, 0.6) is 0 Å². The molecule has 0 aromatic rings. The van der Waals surface area contributed by atoms with Gasteiger partial charge >= 0.3 is 6.09 Å². The molecule has 2 fully saturated rings. The highest BCUT2D eigenvalue weighted by molar-refractivity contribution is 7.86. The van der Waals surface area contributed by atoms with Crippen LogP contribution in [0.4, 0.5) is 4.79 Å². The van der Waals surface area contributed by atoms with E-state index in [9.17, 15) is 32.5 Å². The van der Waals surface area contributed by atoms with Crippen molar-refractivity contribution in [2.24, 2.45) is 29.6 Å². The number of carbonyl (C=O) groups excluding carboxylic acids is 3. The Kier molecular flexibility index (Phi) is 9.76. The molecule has 0 unspecified atom stereocenters. The lowest BCUT2D eigenvalue weighted by Gasteiger charge is -2.35. The second-order valence-electron chi connectivity index (χ2n) is 10.8. The number of aliphatic hydroxyl groups is 1. The Morgan fingerprint density at radius 2 is 1.97 bits per heavy atom. The van der Waals surface area contributed by atoms with Gasteiger partial charge in [0.1, 0.15) is 6.04 Å². The number of fused-ring (bicyclic) bond motifs is 2. The van der Waals surface area contributed by atoms with Crippen molar-refractivity contribution in [2.45, 2.75) is 76.3 Å². The van der Waals surface area contributed by atoms with Gasteiger partial charge in [0.25, 0.3) is 10.1 Å². The van der Waals surface area contributed by atoms with Crippen LogP contribution in [0.1, 0.15) is 58.8 Å². The molecule has 11 nitrogen and oxygen atoms in total. The van der Waals surface area contributed by atoms with Crippen molar-refractivity contribution in [2.75, 3.05) is 13.2 Å². The lowest BCUT2D eigenvalue weighted by atomic mass is 9.71. The smallest absolute Gasteiger partial charge is 0.407 e. The SMILES string of the molecule is CC(C)C[C@H](NC(=O)OC[C@@H]1C[C@H]2C=CC[C@H](C2)C1)C(=O)N[C@@H](C[C@@H]1CCNC1=O)[C@@H](O)S(=O)(=O)O. The van der Waals surface area contributed by atoms with Crippen molar-refractivity contribution >= 4 is 28.0 Å². The number of nitrogens with one attached hydrogen (secondary N) is 3. The molecule has 0 aromatic carbocycles. The van der Waals surface area contributed by atoms with Gasteiger partial charge in [-0.2, -0.15) is 8.42 Å². The van der Waals surface area contributed by atoms with Gasteiger partial charge in [-0.05, 0) is 68.6 Å². The van der Waals surface area contributed by atoms with Gasteiger partial charge in [-0.15, -0.1) is 0 Å². The second-order valence-corrected chi connectivity index (χ2v) is 12.3. The number of hydrogen-bond donors (Lipinski definition) is 5. The Hall–Kier alpha value is -2.18. The van der Waals surface area contributed by atoms with E-state index in [0.717, 1.165) is 19.3 Å². The number of allylic oxidation sites excluding steroid dienone is 2. The molecule has 1 saturated carbocycles. The Morgan fingerprint density at radius 3 is 2.58 bits per heavy atom. The van der Waals surface area contributed by atoms with Crippen LogP contribution < -0.4 is 16.0 Å². The number of aliphatic hydroxyl groups excluding tert-OH is 1. The molecule has 1 heterocycles. The summed E-state index contributed by atoms with van der Waals surface area (Å²) in [5, 5.41) is 17.8. The van der Waals surface area contributed by atoms with Gasteiger partial charge in [0.2, 0.25) is 17.3 Å². The molecule has 1 aliphatic heterocycles. The second kappa shape index (κ2) is 12.4. The number of alkyl carbamates (subject to hydrolysis) is 1. The maximum atomic E-state index is 13.1. The minimum atomic E-state index is -4.91. The molecule has 12 heteroatoms. The van der Waals surface area contributed by atoms with Crippen LogP contribution >= 0.6 is 0 Å². The number of ether oxygens (including phenoxy) is 1. The van der Waals surface area contributed by atoms with Crippen LogP contribution in [0.25, 0.3) is 0 Å². The van der Waals surface area contributed by atoms with E-state index in [2.05, 4.69) is 28.1 Å². The van der Waals surface area contributed by atoms with Gasteiger partial charge in [-0.1, -0.05) is 26.0 Å². The summed E-state index contributed by atoms with van der Waals surface area (Å²) in [7, 11) is -4.91. The van der Waals surface area contributed by atoms with Crippen LogP contribution in [0, 0.1) is 29.6 Å². The van der Waals surface area contributed by atoms with Crippen LogP contribution in [0.3, 0.4) is 0 Å².